The molecule has 0 unspecified atom stereocenters. The molecule has 2 aromatic rings. The van der Waals surface area contributed by atoms with Crippen molar-refractivity contribution >= 4 is 27.5 Å². The second-order valence-corrected chi connectivity index (χ2v) is 12.7. The van der Waals surface area contributed by atoms with Crippen molar-refractivity contribution in [3.8, 4) is 0 Å². The SMILES string of the molecule is CC[C@@H](C(=O)NC1CCCCC1)N(Cc1cccc(C)c1)C(=O)CN(c1ccccc1C(C)C)S(C)(=O)=O. The Labute approximate surface area is 228 Å². The monoisotopic (exact) mass is 541 g/mol. The van der Waals surface area contributed by atoms with E-state index in [0.29, 0.717) is 12.1 Å². The first-order chi connectivity index (χ1) is 18.0. The van der Waals surface area contributed by atoms with E-state index in [1.807, 2.05) is 64.1 Å². The number of hydrogen-bond donors (Lipinski definition) is 1. The van der Waals surface area contributed by atoms with Crippen molar-refractivity contribution in [2.24, 2.45) is 0 Å². The van der Waals surface area contributed by atoms with Crippen LogP contribution in [0.4, 0.5) is 5.69 Å². The first kappa shape index (κ1) is 29.7. The number of sulfonamides is 1. The lowest BCUT2D eigenvalue weighted by molar-refractivity contribution is -0.140. The van der Waals surface area contributed by atoms with Crippen LogP contribution in [0.2, 0.25) is 0 Å². The highest BCUT2D eigenvalue weighted by molar-refractivity contribution is 7.92. The molecule has 8 heteroatoms. The Kier molecular flexibility index (Phi) is 10.4. The van der Waals surface area contributed by atoms with E-state index in [4.69, 9.17) is 0 Å². The molecular formula is C30H43N3O4S. The van der Waals surface area contributed by atoms with E-state index in [-0.39, 0.29) is 31.0 Å². The molecule has 208 valence electrons. The van der Waals surface area contributed by atoms with Gasteiger partial charge < -0.3 is 10.2 Å². The summed E-state index contributed by atoms with van der Waals surface area (Å²) in [6.45, 7) is 7.71. The van der Waals surface area contributed by atoms with Crippen molar-refractivity contribution < 1.29 is 18.0 Å². The van der Waals surface area contributed by atoms with Gasteiger partial charge in [-0.15, -0.1) is 0 Å². The van der Waals surface area contributed by atoms with Gasteiger partial charge in [-0.3, -0.25) is 13.9 Å². The Morgan fingerprint density at radius 3 is 2.32 bits per heavy atom. The lowest BCUT2D eigenvalue weighted by Gasteiger charge is -2.34. The molecule has 0 radical (unpaired) electrons. The third kappa shape index (κ3) is 7.82. The van der Waals surface area contributed by atoms with Crippen molar-refractivity contribution in [1.29, 1.82) is 0 Å². The fraction of sp³-hybridized carbons (Fsp3) is 0.533. The third-order valence-electron chi connectivity index (χ3n) is 7.28. The van der Waals surface area contributed by atoms with E-state index < -0.39 is 22.0 Å². The number of anilines is 1. The summed E-state index contributed by atoms with van der Waals surface area (Å²) in [6.07, 6.45) is 6.80. The zero-order valence-electron chi connectivity index (χ0n) is 23.4. The molecule has 0 aliphatic heterocycles. The van der Waals surface area contributed by atoms with Crippen LogP contribution in [-0.4, -0.2) is 50.0 Å². The van der Waals surface area contributed by atoms with Crippen molar-refractivity contribution in [2.75, 3.05) is 17.1 Å². The lowest BCUT2D eigenvalue weighted by atomic mass is 9.95. The number of benzene rings is 2. The molecule has 0 heterocycles. The highest BCUT2D eigenvalue weighted by atomic mass is 32.2. The normalized spacial score (nSPS) is 15.2. The van der Waals surface area contributed by atoms with Crippen LogP contribution in [-0.2, 0) is 26.2 Å². The summed E-state index contributed by atoms with van der Waals surface area (Å²) in [4.78, 5) is 29.0. The van der Waals surface area contributed by atoms with E-state index in [2.05, 4.69) is 5.32 Å². The number of carbonyl (C=O) groups is 2. The van der Waals surface area contributed by atoms with Gasteiger partial charge in [0.25, 0.3) is 0 Å². The predicted octanol–water partition coefficient (Wildman–Crippen LogP) is 5.14. The molecule has 1 aliphatic carbocycles. The van der Waals surface area contributed by atoms with E-state index in [9.17, 15) is 18.0 Å². The lowest BCUT2D eigenvalue weighted by Crippen LogP contribution is -2.54. The van der Waals surface area contributed by atoms with Crippen LogP contribution in [0.5, 0.6) is 0 Å². The molecule has 3 rings (SSSR count). The molecule has 2 amide bonds. The van der Waals surface area contributed by atoms with Crippen LogP contribution in [0.1, 0.15) is 81.9 Å². The topological polar surface area (TPSA) is 86.8 Å². The van der Waals surface area contributed by atoms with Crippen LogP contribution in [0.15, 0.2) is 48.5 Å². The molecule has 0 saturated heterocycles. The highest BCUT2D eigenvalue weighted by Gasteiger charge is 2.33. The van der Waals surface area contributed by atoms with Gasteiger partial charge in [0.15, 0.2) is 0 Å². The number of amides is 2. The zero-order valence-corrected chi connectivity index (χ0v) is 24.3. The van der Waals surface area contributed by atoms with E-state index in [0.717, 1.165) is 48.6 Å². The van der Waals surface area contributed by atoms with Crippen LogP contribution in [0.3, 0.4) is 0 Å². The van der Waals surface area contributed by atoms with Gasteiger partial charge in [0.2, 0.25) is 21.8 Å². The quantitative estimate of drug-likeness (QED) is 0.427. The van der Waals surface area contributed by atoms with Gasteiger partial charge in [0.05, 0.1) is 11.9 Å². The Morgan fingerprint density at radius 1 is 1.03 bits per heavy atom. The fourth-order valence-electron chi connectivity index (χ4n) is 5.27. The van der Waals surface area contributed by atoms with Gasteiger partial charge in [-0.25, -0.2) is 8.42 Å². The van der Waals surface area contributed by atoms with Crippen molar-refractivity contribution in [3.05, 3.63) is 65.2 Å². The number of aryl methyl sites for hydroxylation is 1. The van der Waals surface area contributed by atoms with Crippen LogP contribution in [0, 0.1) is 6.92 Å². The number of nitrogens with one attached hydrogen (secondary N) is 1. The summed E-state index contributed by atoms with van der Waals surface area (Å²) in [5, 5.41) is 3.18. The molecule has 1 N–H and O–H groups in total. The minimum atomic E-state index is -3.77. The highest BCUT2D eigenvalue weighted by Crippen LogP contribution is 2.29. The number of para-hydroxylation sites is 1. The Hall–Kier alpha value is -2.87. The molecule has 1 saturated carbocycles. The summed E-state index contributed by atoms with van der Waals surface area (Å²) in [6, 6.07) is 14.5. The molecule has 0 spiro atoms. The molecule has 7 nitrogen and oxygen atoms in total. The van der Waals surface area contributed by atoms with Crippen LogP contribution < -0.4 is 9.62 Å². The van der Waals surface area contributed by atoms with E-state index in [1.54, 1.807) is 17.0 Å². The molecule has 38 heavy (non-hydrogen) atoms. The van der Waals surface area contributed by atoms with Gasteiger partial charge in [0, 0.05) is 12.6 Å². The predicted molar refractivity (Wildman–Crippen MR) is 154 cm³/mol. The molecule has 2 aromatic carbocycles. The zero-order chi connectivity index (χ0) is 27.9. The maximum Gasteiger partial charge on any atom is 0.244 e. The van der Waals surface area contributed by atoms with Gasteiger partial charge in [-0.2, -0.15) is 0 Å². The number of nitrogens with zero attached hydrogens (tertiary/aromatic N) is 2. The largest absolute Gasteiger partial charge is 0.352 e. The number of hydrogen-bond acceptors (Lipinski definition) is 4. The summed E-state index contributed by atoms with van der Waals surface area (Å²) < 4.78 is 27.1. The second kappa shape index (κ2) is 13.3. The van der Waals surface area contributed by atoms with E-state index >= 15 is 0 Å². The van der Waals surface area contributed by atoms with Gasteiger partial charge in [-0.1, -0.05) is 88.1 Å². The van der Waals surface area contributed by atoms with Gasteiger partial charge in [0.1, 0.15) is 12.6 Å². The van der Waals surface area contributed by atoms with E-state index in [1.165, 1.54) is 10.7 Å². The van der Waals surface area contributed by atoms with Crippen molar-refractivity contribution in [1.82, 2.24) is 10.2 Å². The molecular weight excluding hydrogens is 498 g/mol. The maximum absolute atomic E-state index is 14.0. The summed E-state index contributed by atoms with van der Waals surface area (Å²) in [5.74, 6) is -0.506. The molecule has 0 aromatic heterocycles. The van der Waals surface area contributed by atoms with Crippen molar-refractivity contribution in [2.45, 2.75) is 90.8 Å². The number of rotatable bonds is 11. The summed E-state index contributed by atoms with van der Waals surface area (Å²) >= 11 is 0. The molecule has 1 aliphatic rings. The molecule has 0 bridgehead atoms. The minimum absolute atomic E-state index is 0.0682. The average molecular weight is 542 g/mol. The van der Waals surface area contributed by atoms with Crippen molar-refractivity contribution in [3.63, 3.8) is 0 Å². The maximum atomic E-state index is 14.0. The molecule has 1 atom stereocenters. The standard InChI is InChI=1S/C30H43N3O4S/c1-6-27(30(35)31-25-15-8-7-9-16-25)32(20-24-14-12-13-23(4)19-24)29(34)21-33(38(5,36)37)28-18-11-10-17-26(28)22(2)3/h10-14,17-19,22,25,27H,6-9,15-16,20-21H2,1-5H3,(H,31,35)/t27-/m0/s1. The average Bonchev–Trinajstić information content (AvgIpc) is 2.87. The first-order valence-corrected chi connectivity index (χ1v) is 15.6. The van der Waals surface area contributed by atoms with Crippen LogP contribution >= 0.6 is 0 Å². The Balaban J connectivity index is 1.96. The van der Waals surface area contributed by atoms with Gasteiger partial charge >= 0.3 is 0 Å². The second-order valence-electron chi connectivity index (χ2n) is 10.8. The summed E-state index contributed by atoms with van der Waals surface area (Å²) in [7, 11) is -3.77. The first-order valence-electron chi connectivity index (χ1n) is 13.7. The number of carbonyl (C=O) groups excluding carboxylic acids is 2. The fourth-order valence-corrected chi connectivity index (χ4v) is 6.14. The van der Waals surface area contributed by atoms with Crippen LogP contribution in [0.25, 0.3) is 0 Å². The smallest absolute Gasteiger partial charge is 0.244 e. The third-order valence-corrected chi connectivity index (χ3v) is 8.41. The Morgan fingerprint density at radius 2 is 1.71 bits per heavy atom. The summed E-state index contributed by atoms with van der Waals surface area (Å²) in [5.41, 5.74) is 3.29. The van der Waals surface area contributed by atoms with Gasteiger partial charge in [-0.05, 0) is 49.3 Å². The Bertz CT molecular complexity index is 1210. The molecule has 1 fully saturated rings. The minimum Gasteiger partial charge on any atom is -0.352 e.